The van der Waals surface area contributed by atoms with E-state index in [-0.39, 0.29) is 10.8 Å². The Labute approximate surface area is 103 Å². The number of benzene rings is 1. The smallest absolute Gasteiger partial charge is 0.223 e. The van der Waals surface area contributed by atoms with E-state index in [0.29, 0.717) is 12.8 Å². The van der Waals surface area contributed by atoms with Gasteiger partial charge in [-0.2, -0.15) is 13.2 Å². The van der Waals surface area contributed by atoms with Gasteiger partial charge in [-0.05, 0) is 49.4 Å². The predicted octanol–water partition coefficient (Wildman–Crippen LogP) is 3.03. The molecule has 0 N–H and O–H groups in total. The molecule has 2 aliphatic rings. The lowest BCUT2D eigenvalue weighted by Gasteiger charge is -2.25. The van der Waals surface area contributed by atoms with E-state index in [4.69, 9.17) is 0 Å². The SMILES string of the molecule is O=S(=O)(c1ccc(C(F)(F)F)cc1)C12CC[C@@H]1C2. The van der Waals surface area contributed by atoms with Crippen molar-refractivity contribution in [3.8, 4) is 0 Å². The van der Waals surface area contributed by atoms with E-state index >= 15 is 0 Å². The maximum Gasteiger partial charge on any atom is 0.416 e. The fourth-order valence-electron chi connectivity index (χ4n) is 2.75. The lowest BCUT2D eigenvalue weighted by atomic mass is 10.00. The second kappa shape index (κ2) is 3.29. The highest BCUT2D eigenvalue weighted by molar-refractivity contribution is 7.93. The molecule has 1 aromatic rings. The van der Waals surface area contributed by atoms with Gasteiger partial charge in [-0.3, -0.25) is 0 Å². The number of fused-ring (bicyclic) bond motifs is 1. The summed E-state index contributed by atoms with van der Waals surface area (Å²) in [6.07, 6.45) is -2.21. The van der Waals surface area contributed by atoms with Crippen LogP contribution >= 0.6 is 0 Å². The van der Waals surface area contributed by atoms with Crippen molar-refractivity contribution in [1.82, 2.24) is 0 Å². The van der Waals surface area contributed by atoms with E-state index in [1.54, 1.807) is 0 Å². The molecule has 1 unspecified atom stereocenters. The second-order valence-electron chi connectivity index (χ2n) is 5.03. The van der Waals surface area contributed by atoms with E-state index < -0.39 is 26.3 Å². The van der Waals surface area contributed by atoms with Crippen molar-refractivity contribution in [2.75, 3.05) is 0 Å². The molecule has 1 aromatic carbocycles. The molecule has 0 heterocycles. The average Bonchev–Trinajstić information content (AvgIpc) is 2.81. The first-order chi connectivity index (χ1) is 8.27. The zero-order chi connectivity index (χ0) is 13.2. The van der Waals surface area contributed by atoms with Crippen molar-refractivity contribution in [3.63, 3.8) is 0 Å². The van der Waals surface area contributed by atoms with Crippen LogP contribution in [-0.2, 0) is 16.0 Å². The molecule has 0 saturated heterocycles. The summed E-state index contributed by atoms with van der Waals surface area (Å²) in [5, 5.41) is 0. The van der Waals surface area contributed by atoms with Crippen LogP contribution in [0.3, 0.4) is 0 Å². The minimum absolute atomic E-state index is 0.0118. The van der Waals surface area contributed by atoms with Gasteiger partial charge in [-0.1, -0.05) is 0 Å². The number of hydrogen-bond acceptors (Lipinski definition) is 2. The molecule has 3 rings (SSSR count). The van der Waals surface area contributed by atoms with Crippen molar-refractivity contribution in [3.05, 3.63) is 29.8 Å². The Kier molecular flexibility index (Phi) is 2.20. The van der Waals surface area contributed by atoms with Gasteiger partial charge in [0.05, 0.1) is 15.2 Å². The van der Waals surface area contributed by atoms with Crippen molar-refractivity contribution in [2.24, 2.45) is 5.92 Å². The Balaban J connectivity index is 1.94. The normalized spacial score (nSPS) is 30.5. The van der Waals surface area contributed by atoms with E-state index in [2.05, 4.69) is 0 Å². The van der Waals surface area contributed by atoms with Crippen molar-refractivity contribution >= 4 is 9.84 Å². The van der Waals surface area contributed by atoms with Crippen LogP contribution in [0.4, 0.5) is 13.2 Å². The van der Waals surface area contributed by atoms with E-state index in [1.807, 2.05) is 0 Å². The largest absolute Gasteiger partial charge is 0.416 e. The predicted molar refractivity (Wildman–Crippen MR) is 58.7 cm³/mol. The van der Waals surface area contributed by atoms with Gasteiger partial charge < -0.3 is 0 Å². The summed E-state index contributed by atoms with van der Waals surface area (Å²) >= 11 is 0. The molecule has 0 bridgehead atoms. The Morgan fingerprint density at radius 1 is 1.17 bits per heavy atom. The van der Waals surface area contributed by atoms with Crippen molar-refractivity contribution < 1.29 is 21.6 Å². The molecular formula is C12H11F3O2S. The summed E-state index contributed by atoms with van der Waals surface area (Å²) in [6.45, 7) is 0. The summed E-state index contributed by atoms with van der Waals surface area (Å²) in [5.41, 5.74) is -0.820. The number of sulfone groups is 1. The summed E-state index contributed by atoms with van der Waals surface area (Å²) in [4.78, 5) is 0.0118. The first-order valence-electron chi connectivity index (χ1n) is 5.69. The molecule has 2 aliphatic carbocycles. The quantitative estimate of drug-likeness (QED) is 0.832. The third-order valence-electron chi connectivity index (χ3n) is 4.12. The number of rotatable bonds is 2. The fraction of sp³-hybridized carbons (Fsp3) is 0.500. The first kappa shape index (κ1) is 12.0. The molecule has 2 nitrogen and oxygen atoms in total. The third-order valence-corrected chi connectivity index (χ3v) is 6.79. The van der Waals surface area contributed by atoms with Crippen LogP contribution in [0.25, 0.3) is 0 Å². The molecule has 98 valence electrons. The molecule has 0 aromatic heterocycles. The summed E-state index contributed by atoms with van der Waals surface area (Å²) < 4.78 is 61.0. The fourth-order valence-corrected chi connectivity index (χ4v) is 5.08. The zero-order valence-corrected chi connectivity index (χ0v) is 10.2. The molecule has 0 aliphatic heterocycles. The summed E-state index contributed by atoms with van der Waals surface area (Å²) in [6, 6.07) is 3.81. The Hall–Kier alpha value is -1.04. The van der Waals surface area contributed by atoms with Gasteiger partial charge in [-0.15, -0.1) is 0 Å². The second-order valence-corrected chi connectivity index (χ2v) is 7.32. The molecule has 2 fully saturated rings. The number of hydrogen-bond donors (Lipinski definition) is 0. The topological polar surface area (TPSA) is 34.1 Å². The summed E-state index contributed by atoms with van der Waals surface area (Å²) in [7, 11) is -3.46. The summed E-state index contributed by atoms with van der Waals surface area (Å²) in [5.74, 6) is 0.227. The van der Waals surface area contributed by atoms with Gasteiger partial charge in [0, 0.05) is 0 Å². The van der Waals surface area contributed by atoms with Crippen molar-refractivity contribution in [2.45, 2.75) is 35.1 Å². The lowest BCUT2D eigenvalue weighted by Crippen LogP contribution is -2.32. The molecule has 2 atom stereocenters. The van der Waals surface area contributed by atoms with Crippen LogP contribution in [0, 0.1) is 5.92 Å². The molecule has 0 amide bonds. The van der Waals surface area contributed by atoms with Crippen LogP contribution in [-0.4, -0.2) is 13.2 Å². The van der Waals surface area contributed by atoms with Gasteiger partial charge >= 0.3 is 6.18 Å². The van der Waals surface area contributed by atoms with Crippen LogP contribution in [0.15, 0.2) is 29.2 Å². The van der Waals surface area contributed by atoms with Gasteiger partial charge in [-0.25, -0.2) is 8.42 Å². The molecule has 0 radical (unpaired) electrons. The Bertz CT molecular complexity index is 585. The molecule has 18 heavy (non-hydrogen) atoms. The van der Waals surface area contributed by atoms with Crippen LogP contribution in [0.2, 0.25) is 0 Å². The van der Waals surface area contributed by atoms with Crippen molar-refractivity contribution in [1.29, 1.82) is 0 Å². The highest BCUT2D eigenvalue weighted by atomic mass is 32.2. The van der Waals surface area contributed by atoms with Gasteiger partial charge in [0.1, 0.15) is 0 Å². The van der Waals surface area contributed by atoms with E-state index in [1.165, 1.54) is 0 Å². The Morgan fingerprint density at radius 3 is 2.11 bits per heavy atom. The zero-order valence-electron chi connectivity index (χ0n) is 9.37. The standard InChI is InChI=1S/C12H11F3O2S/c13-12(14,15)8-1-3-10(4-2-8)18(16,17)11-6-5-9(11)7-11/h1-4,9H,5-7H2/t9-,11?/m1/s1. The van der Waals surface area contributed by atoms with Gasteiger partial charge in [0.2, 0.25) is 0 Å². The van der Waals surface area contributed by atoms with Crippen LogP contribution in [0.1, 0.15) is 24.8 Å². The highest BCUT2D eigenvalue weighted by Gasteiger charge is 2.69. The monoisotopic (exact) mass is 276 g/mol. The van der Waals surface area contributed by atoms with E-state index in [9.17, 15) is 21.6 Å². The number of halogens is 3. The minimum Gasteiger partial charge on any atom is -0.223 e. The maximum absolute atomic E-state index is 12.4. The molecule has 2 saturated carbocycles. The minimum atomic E-state index is -4.43. The average molecular weight is 276 g/mol. The Morgan fingerprint density at radius 2 is 1.78 bits per heavy atom. The first-order valence-corrected chi connectivity index (χ1v) is 7.18. The highest BCUT2D eigenvalue weighted by Crippen LogP contribution is 2.66. The van der Waals surface area contributed by atoms with Gasteiger partial charge in [0.25, 0.3) is 0 Å². The van der Waals surface area contributed by atoms with Gasteiger partial charge in [0.15, 0.2) is 9.84 Å². The van der Waals surface area contributed by atoms with Crippen LogP contribution in [0.5, 0.6) is 0 Å². The molecule has 6 heteroatoms. The lowest BCUT2D eigenvalue weighted by molar-refractivity contribution is -0.137. The van der Waals surface area contributed by atoms with Crippen LogP contribution < -0.4 is 0 Å². The molecule has 0 spiro atoms. The third kappa shape index (κ3) is 1.44. The maximum atomic E-state index is 12.4. The van der Waals surface area contributed by atoms with E-state index in [0.717, 1.165) is 30.7 Å². The number of alkyl halides is 3. The molecular weight excluding hydrogens is 265 g/mol.